The lowest BCUT2D eigenvalue weighted by molar-refractivity contribution is -0.384. The molecule has 0 aromatic heterocycles. The summed E-state index contributed by atoms with van der Waals surface area (Å²) < 4.78 is 0. The molecule has 1 fully saturated rings. The van der Waals surface area contributed by atoms with Crippen LogP contribution in [0.5, 0.6) is 0 Å². The first kappa shape index (κ1) is 14.8. The number of nitrogens with one attached hydrogen (secondary N) is 1. The quantitative estimate of drug-likeness (QED) is 0.664. The van der Waals surface area contributed by atoms with Crippen molar-refractivity contribution in [1.82, 2.24) is 5.32 Å². The van der Waals surface area contributed by atoms with E-state index in [2.05, 4.69) is 24.1 Å². The average molecular weight is 277 g/mol. The van der Waals surface area contributed by atoms with Gasteiger partial charge in [0, 0.05) is 37.0 Å². The lowest BCUT2D eigenvalue weighted by Gasteiger charge is -2.34. The van der Waals surface area contributed by atoms with Crippen LogP contribution in [0.25, 0.3) is 0 Å². The van der Waals surface area contributed by atoms with E-state index in [4.69, 9.17) is 0 Å². The maximum absolute atomic E-state index is 10.7. The molecule has 1 aliphatic heterocycles. The Balaban J connectivity index is 1.96. The van der Waals surface area contributed by atoms with Crippen molar-refractivity contribution in [2.75, 3.05) is 24.5 Å². The predicted octanol–water partition coefficient (Wildman–Crippen LogP) is 2.81. The first-order valence-electron chi connectivity index (χ1n) is 7.29. The van der Waals surface area contributed by atoms with Gasteiger partial charge < -0.3 is 10.2 Å². The van der Waals surface area contributed by atoms with Gasteiger partial charge >= 0.3 is 0 Å². The van der Waals surface area contributed by atoms with E-state index in [-0.39, 0.29) is 10.6 Å². The van der Waals surface area contributed by atoms with Crippen LogP contribution in [-0.4, -0.2) is 30.6 Å². The SMILES string of the molecule is CC(C)NCC1CCCN(c2ccc([N+](=O)[O-])cc2)C1. The van der Waals surface area contributed by atoms with Crippen molar-refractivity contribution in [3.8, 4) is 0 Å². The van der Waals surface area contributed by atoms with Gasteiger partial charge in [0.25, 0.3) is 5.69 Å². The van der Waals surface area contributed by atoms with Crippen molar-refractivity contribution >= 4 is 11.4 Å². The second-order valence-electron chi connectivity index (χ2n) is 5.79. The van der Waals surface area contributed by atoms with Crippen LogP contribution in [-0.2, 0) is 0 Å². The summed E-state index contributed by atoms with van der Waals surface area (Å²) in [6.07, 6.45) is 2.44. The van der Waals surface area contributed by atoms with E-state index in [1.165, 1.54) is 12.8 Å². The van der Waals surface area contributed by atoms with Crippen molar-refractivity contribution in [2.45, 2.75) is 32.7 Å². The van der Waals surface area contributed by atoms with Crippen LogP contribution in [0.1, 0.15) is 26.7 Å². The van der Waals surface area contributed by atoms with E-state index in [1.807, 2.05) is 12.1 Å². The highest BCUT2D eigenvalue weighted by Crippen LogP contribution is 2.24. The minimum atomic E-state index is -0.352. The van der Waals surface area contributed by atoms with E-state index in [0.29, 0.717) is 12.0 Å². The number of nitro benzene ring substituents is 1. The third kappa shape index (κ3) is 3.93. The molecule has 0 saturated carbocycles. The van der Waals surface area contributed by atoms with E-state index in [1.54, 1.807) is 12.1 Å². The molecule has 1 aliphatic rings. The molecule has 110 valence electrons. The Kier molecular flexibility index (Phi) is 4.95. The summed E-state index contributed by atoms with van der Waals surface area (Å²) >= 11 is 0. The summed E-state index contributed by atoms with van der Waals surface area (Å²) in [6.45, 7) is 7.43. The number of hydrogen-bond donors (Lipinski definition) is 1. The molecule has 1 aromatic rings. The zero-order chi connectivity index (χ0) is 14.5. The Hall–Kier alpha value is -1.62. The Bertz CT molecular complexity index is 445. The standard InChI is InChI=1S/C15H23N3O2/c1-12(2)16-10-13-4-3-9-17(11-13)14-5-7-15(8-6-14)18(19)20/h5-8,12-13,16H,3-4,9-11H2,1-2H3. The molecule has 2 rings (SSSR count). The topological polar surface area (TPSA) is 58.4 Å². The first-order chi connectivity index (χ1) is 9.56. The average Bonchev–Trinajstić information content (AvgIpc) is 2.45. The van der Waals surface area contributed by atoms with Gasteiger partial charge in [0.2, 0.25) is 0 Å². The van der Waals surface area contributed by atoms with E-state index < -0.39 is 0 Å². The molecule has 1 N–H and O–H groups in total. The van der Waals surface area contributed by atoms with Gasteiger partial charge in [-0.15, -0.1) is 0 Å². The van der Waals surface area contributed by atoms with Gasteiger partial charge in [-0.3, -0.25) is 10.1 Å². The van der Waals surface area contributed by atoms with Gasteiger partial charge in [-0.25, -0.2) is 0 Å². The number of non-ortho nitro benzene ring substituents is 1. The largest absolute Gasteiger partial charge is 0.371 e. The lowest BCUT2D eigenvalue weighted by atomic mass is 9.97. The Morgan fingerprint density at radius 3 is 2.70 bits per heavy atom. The molecule has 5 heteroatoms. The summed E-state index contributed by atoms with van der Waals surface area (Å²) in [5, 5.41) is 14.2. The van der Waals surface area contributed by atoms with Crippen molar-refractivity contribution in [3.05, 3.63) is 34.4 Å². The zero-order valence-electron chi connectivity index (χ0n) is 12.2. The molecule has 0 aliphatic carbocycles. The zero-order valence-corrected chi connectivity index (χ0v) is 12.2. The third-order valence-corrected chi connectivity index (χ3v) is 3.76. The van der Waals surface area contributed by atoms with E-state index >= 15 is 0 Å². The minimum absolute atomic E-state index is 0.156. The molecule has 1 heterocycles. The van der Waals surface area contributed by atoms with Crippen LogP contribution in [0.4, 0.5) is 11.4 Å². The van der Waals surface area contributed by atoms with Gasteiger partial charge in [-0.2, -0.15) is 0 Å². The number of anilines is 1. The highest BCUT2D eigenvalue weighted by molar-refractivity contribution is 5.51. The number of benzene rings is 1. The smallest absolute Gasteiger partial charge is 0.269 e. The van der Waals surface area contributed by atoms with Crippen LogP contribution < -0.4 is 10.2 Å². The molecular formula is C15H23N3O2. The number of hydrogen-bond acceptors (Lipinski definition) is 4. The Morgan fingerprint density at radius 2 is 2.10 bits per heavy atom. The minimum Gasteiger partial charge on any atom is -0.371 e. The van der Waals surface area contributed by atoms with Crippen LogP contribution in [0.2, 0.25) is 0 Å². The second kappa shape index (κ2) is 6.70. The molecule has 0 radical (unpaired) electrons. The maximum Gasteiger partial charge on any atom is 0.269 e. The maximum atomic E-state index is 10.7. The number of rotatable bonds is 5. The predicted molar refractivity (Wildman–Crippen MR) is 81.2 cm³/mol. The van der Waals surface area contributed by atoms with Crippen molar-refractivity contribution < 1.29 is 4.92 Å². The van der Waals surface area contributed by atoms with E-state index in [0.717, 1.165) is 25.3 Å². The molecule has 1 saturated heterocycles. The van der Waals surface area contributed by atoms with Gasteiger partial charge in [0.1, 0.15) is 0 Å². The molecule has 0 spiro atoms. The van der Waals surface area contributed by atoms with Crippen molar-refractivity contribution in [1.29, 1.82) is 0 Å². The van der Waals surface area contributed by atoms with Crippen molar-refractivity contribution in [2.24, 2.45) is 5.92 Å². The fourth-order valence-corrected chi connectivity index (χ4v) is 2.65. The summed E-state index contributed by atoms with van der Waals surface area (Å²) in [4.78, 5) is 12.7. The van der Waals surface area contributed by atoms with Crippen LogP contribution in [0.15, 0.2) is 24.3 Å². The molecule has 1 atom stereocenters. The summed E-state index contributed by atoms with van der Waals surface area (Å²) in [5.41, 5.74) is 1.24. The summed E-state index contributed by atoms with van der Waals surface area (Å²) in [5.74, 6) is 0.654. The van der Waals surface area contributed by atoms with Gasteiger partial charge in [0.05, 0.1) is 4.92 Å². The Labute approximate surface area is 120 Å². The van der Waals surface area contributed by atoms with Crippen LogP contribution in [0, 0.1) is 16.0 Å². The fourth-order valence-electron chi connectivity index (χ4n) is 2.65. The number of nitro groups is 1. The normalized spacial score (nSPS) is 19.4. The van der Waals surface area contributed by atoms with Crippen molar-refractivity contribution in [3.63, 3.8) is 0 Å². The molecule has 20 heavy (non-hydrogen) atoms. The van der Waals surface area contributed by atoms with Crippen LogP contribution in [0.3, 0.4) is 0 Å². The second-order valence-corrected chi connectivity index (χ2v) is 5.79. The molecule has 1 unspecified atom stereocenters. The lowest BCUT2D eigenvalue weighted by Crippen LogP contribution is -2.41. The van der Waals surface area contributed by atoms with Crippen LogP contribution >= 0.6 is 0 Å². The molecular weight excluding hydrogens is 254 g/mol. The molecule has 0 bridgehead atoms. The molecule has 0 amide bonds. The highest BCUT2D eigenvalue weighted by atomic mass is 16.6. The fraction of sp³-hybridized carbons (Fsp3) is 0.600. The molecule has 5 nitrogen and oxygen atoms in total. The number of piperidine rings is 1. The Morgan fingerprint density at radius 1 is 1.40 bits per heavy atom. The van der Waals surface area contributed by atoms with Gasteiger partial charge in [-0.05, 0) is 37.4 Å². The number of nitrogens with zero attached hydrogens (tertiary/aromatic N) is 2. The van der Waals surface area contributed by atoms with Gasteiger partial charge in [-0.1, -0.05) is 13.8 Å². The first-order valence-corrected chi connectivity index (χ1v) is 7.29. The summed E-state index contributed by atoms with van der Waals surface area (Å²) in [6, 6.07) is 7.41. The van der Waals surface area contributed by atoms with E-state index in [9.17, 15) is 10.1 Å². The molecule has 1 aromatic carbocycles. The highest BCUT2D eigenvalue weighted by Gasteiger charge is 2.20. The monoisotopic (exact) mass is 277 g/mol. The third-order valence-electron chi connectivity index (χ3n) is 3.76. The summed E-state index contributed by atoms with van der Waals surface area (Å²) in [7, 11) is 0. The van der Waals surface area contributed by atoms with Gasteiger partial charge in [0.15, 0.2) is 0 Å².